The molecule has 1 heterocycles. The van der Waals surface area contributed by atoms with Crippen molar-refractivity contribution in [1.29, 1.82) is 0 Å². The average Bonchev–Trinajstić information content (AvgIpc) is 3.63. The first-order chi connectivity index (χ1) is 24.3. The molecule has 0 aliphatic rings. The summed E-state index contributed by atoms with van der Waals surface area (Å²) in [5.74, 6) is -1.95. The molecular formula is C39H39N5O7. The van der Waals surface area contributed by atoms with E-state index in [1.807, 2.05) is 0 Å². The number of hydrogen-bond acceptors (Lipinski definition) is 10. The van der Waals surface area contributed by atoms with E-state index in [0.29, 0.717) is 39.7 Å². The summed E-state index contributed by atoms with van der Waals surface area (Å²) in [4.78, 5) is 55.1. The quantitative estimate of drug-likeness (QED) is 0.107. The van der Waals surface area contributed by atoms with E-state index in [9.17, 15) is 29.4 Å². The largest absolute Gasteiger partial charge is 0.436 e. The van der Waals surface area contributed by atoms with E-state index in [1.165, 1.54) is 13.8 Å². The first-order valence-corrected chi connectivity index (χ1v) is 16.2. The standard InChI is InChI=1S/C39H39N5O7/c1-24(33(45)43-36(47)38(3,49)28-11-7-5-8-12-28)41-30-19-15-26(16-20-30)32-23-40-35(51-32)27-17-21-31(22-18-27)42-25(2)34(46)44-37(48)39(4,50)29-13-9-6-10-14-29/h5-25,41-42,49-50H,1-4H3,(H,43,45,47)(H,44,46,48)/t24-,25-,38+,39+/m0/s1. The summed E-state index contributed by atoms with van der Waals surface area (Å²) in [6.45, 7) is 5.87. The monoisotopic (exact) mass is 689 g/mol. The molecule has 0 bridgehead atoms. The van der Waals surface area contributed by atoms with Gasteiger partial charge in [-0.2, -0.15) is 0 Å². The van der Waals surface area contributed by atoms with Gasteiger partial charge in [-0.3, -0.25) is 29.8 Å². The molecule has 51 heavy (non-hydrogen) atoms. The summed E-state index contributed by atoms with van der Waals surface area (Å²) in [7, 11) is 0. The van der Waals surface area contributed by atoms with Gasteiger partial charge in [0, 0.05) is 22.5 Å². The van der Waals surface area contributed by atoms with Crippen molar-refractivity contribution in [2.75, 3.05) is 10.6 Å². The Morgan fingerprint density at radius 3 is 1.41 bits per heavy atom. The third-order valence-electron chi connectivity index (χ3n) is 8.39. The van der Waals surface area contributed by atoms with Gasteiger partial charge in [-0.05, 0) is 87.4 Å². The Bertz CT molecular complexity index is 1850. The third-order valence-corrected chi connectivity index (χ3v) is 8.39. The molecule has 12 heteroatoms. The molecule has 4 aromatic carbocycles. The number of carbonyl (C=O) groups excluding carboxylic acids is 4. The van der Waals surface area contributed by atoms with Crippen molar-refractivity contribution < 1.29 is 33.8 Å². The zero-order valence-corrected chi connectivity index (χ0v) is 28.5. The predicted octanol–water partition coefficient (Wildman–Crippen LogP) is 4.71. The number of aromatic nitrogens is 1. The van der Waals surface area contributed by atoms with Crippen LogP contribution in [0.5, 0.6) is 0 Å². The topological polar surface area (TPSA) is 183 Å². The van der Waals surface area contributed by atoms with E-state index in [-0.39, 0.29) is 0 Å². The van der Waals surface area contributed by atoms with E-state index >= 15 is 0 Å². The Hall–Kier alpha value is -6.11. The number of imide groups is 2. The Morgan fingerprint density at radius 2 is 1.00 bits per heavy atom. The second-order valence-electron chi connectivity index (χ2n) is 12.4. The number of benzene rings is 4. The molecule has 1 aromatic heterocycles. The van der Waals surface area contributed by atoms with Crippen LogP contribution in [0.3, 0.4) is 0 Å². The molecule has 4 amide bonds. The number of nitrogens with one attached hydrogen (secondary N) is 4. The number of amides is 4. The van der Waals surface area contributed by atoms with Crippen LogP contribution in [0.2, 0.25) is 0 Å². The van der Waals surface area contributed by atoms with E-state index in [2.05, 4.69) is 26.3 Å². The number of hydrogen-bond donors (Lipinski definition) is 6. The Kier molecular flexibility index (Phi) is 10.8. The van der Waals surface area contributed by atoms with Gasteiger partial charge in [0.05, 0.1) is 6.20 Å². The average molecular weight is 690 g/mol. The number of anilines is 2. The fourth-order valence-electron chi connectivity index (χ4n) is 5.08. The first kappa shape index (κ1) is 36.2. The lowest BCUT2D eigenvalue weighted by Gasteiger charge is -2.23. The van der Waals surface area contributed by atoms with Crippen molar-refractivity contribution in [3.8, 4) is 22.8 Å². The molecule has 0 aliphatic heterocycles. The molecule has 0 saturated heterocycles. The zero-order valence-electron chi connectivity index (χ0n) is 28.5. The van der Waals surface area contributed by atoms with Crippen molar-refractivity contribution in [2.24, 2.45) is 0 Å². The van der Waals surface area contributed by atoms with Gasteiger partial charge < -0.3 is 25.3 Å². The van der Waals surface area contributed by atoms with E-state index < -0.39 is 46.9 Å². The summed E-state index contributed by atoms with van der Waals surface area (Å²) in [6, 6.07) is 29.4. The SMILES string of the molecule is C[C@H](Nc1ccc(-c2cnc(-c3ccc(N[C@@H](C)C(=O)NC(=O)[C@](C)(O)c4ccccc4)cc3)o2)cc1)C(=O)NC(=O)[C@](C)(O)c1ccccc1. The molecule has 0 aliphatic carbocycles. The Morgan fingerprint density at radius 1 is 0.608 bits per heavy atom. The Balaban J connectivity index is 1.13. The van der Waals surface area contributed by atoms with Crippen LogP contribution < -0.4 is 21.3 Å². The molecule has 0 fully saturated rings. The van der Waals surface area contributed by atoms with E-state index in [0.717, 1.165) is 5.56 Å². The molecule has 0 spiro atoms. The summed E-state index contributed by atoms with van der Waals surface area (Å²) in [5.41, 5.74) is -0.337. The maximum absolute atomic E-state index is 12.7. The molecular weight excluding hydrogens is 650 g/mol. The number of carbonyl (C=O) groups is 4. The molecule has 262 valence electrons. The Labute approximate surface area is 294 Å². The van der Waals surface area contributed by atoms with Gasteiger partial charge in [-0.25, -0.2) is 4.98 Å². The van der Waals surface area contributed by atoms with E-state index in [4.69, 9.17) is 4.42 Å². The van der Waals surface area contributed by atoms with Crippen molar-refractivity contribution in [1.82, 2.24) is 15.6 Å². The summed E-state index contributed by atoms with van der Waals surface area (Å²) < 4.78 is 6.00. The van der Waals surface area contributed by atoms with Crippen LogP contribution in [0, 0.1) is 0 Å². The second kappa shape index (κ2) is 15.2. The van der Waals surface area contributed by atoms with Gasteiger partial charge in [0.2, 0.25) is 17.7 Å². The highest BCUT2D eigenvalue weighted by atomic mass is 16.4. The van der Waals surface area contributed by atoms with Crippen molar-refractivity contribution in [3.05, 3.63) is 127 Å². The highest BCUT2D eigenvalue weighted by Gasteiger charge is 2.35. The maximum atomic E-state index is 12.7. The van der Waals surface area contributed by atoms with Crippen LogP contribution in [-0.2, 0) is 30.4 Å². The van der Waals surface area contributed by atoms with Gasteiger partial charge >= 0.3 is 0 Å². The van der Waals surface area contributed by atoms with Crippen LogP contribution in [0.4, 0.5) is 11.4 Å². The van der Waals surface area contributed by atoms with Crippen LogP contribution in [0.1, 0.15) is 38.8 Å². The lowest BCUT2D eigenvalue weighted by atomic mass is 9.95. The number of rotatable bonds is 12. The molecule has 12 nitrogen and oxygen atoms in total. The zero-order chi connectivity index (χ0) is 36.8. The molecule has 5 aromatic rings. The second-order valence-corrected chi connectivity index (χ2v) is 12.4. The lowest BCUT2D eigenvalue weighted by molar-refractivity contribution is -0.144. The van der Waals surface area contributed by atoms with Crippen LogP contribution in [0.25, 0.3) is 22.8 Å². The van der Waals surface area contributed by atoms with Crippen LogP contribution >= 0.6 is 0 Å². The molecule has 6 N–H and O–H groups in total. The number of nitrogens with zero attached hydrogens (tertiary/aromatic N) is 1. The lowest BCUT2D eigenvalue weighted by Crippen LogP contribution is -2.49. The highest BCUT2D eigenvalue weighted by Crippen LogP contribution is 2.28. The minimum absolute atomic E-state index is 0.369. The highest BCUT2D eigenvalue weighted by molar-refractivity contribution is 6.03. The van der Waals surface area contributed by atoms with Crippen molar-refractivity contribution in [2.45, 2.75) is 51.0 Å². The first-order valence-electron chi connectivity index (χ1n) is 16.2. The van der Waals surface area contributed by atoms with Gasteiger partial charge in [0.25, 0.3) is 11.8 Å². The van der Waals surface area contributed by atoms with Gasteiger partial charge in [0.1, 0.15) is 12.1 Å². The molecule has 0 radical (unpaired) electrons. The van der Waals surface area contributed by atoms with E-state index in [1.54, 1.807) is 129 Å². The molecule has 0 unspecified atom stereocenters. The fraction of sp³-hybridized carbons (Fsp3) is 0.205. The molecule has 5 rings (SSSR count). The van der Waals surface area contributed by atoms with Gasteiger partial charge in [0.15, 0.2) is 17.0 Å². The number of oxazole rings is 1. The summed E-state index contributed by atoms with van der Waals surface area (Å²) in [6.07, 6.45) is 1.60. The normalized spacial score (nSPS) is 14.5. The maximum Gasteiger partial charge on any atom is 0.262 e. The van der Waals surface area contributed by atoms with Gasteiger partial charge in [-0.15, -0.1) is 0 Å². The minimum Gasteiger partial charge on any atom is -0.436 e. The fourth-order valence-corrected chi connectivity index (χ4v) is 5.08. The molecule has 4 atom stereocenters. The van der Waals surface area contributed by atoms with Crippen molar-refractivity contribution in [3.63, 3.8) is 0 Å². The van der Waals surface area contributed by atoms with Gasteiger partial charge in [-0.1, -0.05) is 60.7 Å². The predicted molar refractivity (Wildman–Crippen MR) is 192 cm³/mol. The smallest absolute Gasteiger partial charge is 0.262 e. The van der Waals surface area contributed by atoms with Crippen LogP contribution in [-0.4, -0.2) is 50.9 Å². The molecule has 0 saturated carbocycles. The van der Waals surface area contributed by atoms with Crippen LogP contribution in [0.15, 0.2) is 120 Å². The van der Waals surface area contributed by atoms with Crippen molar-refractivity contribution >= 4 is 35.0 Å². The third kappa shape index (κ3) is 8.55. The minimum atomic E-state index is -1.88. The summed E-state index contributed by atoms with van der Waals surface area (Å²) >= 11 is 0. The number of aliphatic hydroxyl groups is 2. The summed E-state index contributed by atoms with van der Waals surface area (Å²) in [5, 5.41) is 32.0.